The van der Waals surface area contributed by atoms with Gasteiger partial charge in [0.1, 0.15) is 0 Å². The third-order valence-corrected chi connectivity index (χ3v) is 3.71. The Hall–Kier alpha value is -0.570. The molecule has 1 N–H and O–H groups in total. The maximum absolute atomic E-state index is 6.09. The number of benzene rings is 1. The zero-order chi connectivity index (χ0) is 13.2. The zero-order valence-corrected chi connectivity index (χ0v) is 12.2. The van der Waals surface area contributed by atoms with E-state index in [1.165, 1.54) is 5.56 Å². The third kappa shape index (κ3) is 3.25. The minimum atomic E-state index is -0.0628. The summed E-state index contributed by atoms with van der Waals surface area (Å²) in [5.41, 5.74) is 1.47. The summed E-state index contributed by atoms with van der Waals surface area (Å²) in [7, 11) is 0. The molecule has 3 heteroatoms. The number of hydrogen-bond donors (Lipinski definition) is 1. The highest BCUT2D eigenvalue weighted by molar-refractivity contribution is 6.30. The van der Waals surface area contributed by atoms with Gasteiger partial charge in [0.2, 0.25) is 0 Å². The molecule has 0 radical (unpaired) electrons. The number of hydrogen-bond acceptors (Lipinski definition) is 2. The molecule has 0 saturated carbocycles. The molecule has 1 aromatic carbocycles. The van der Waals surface area contributed by atoms with E-state index in [9.17, 15) is 0 Å². The van der Waals surface area contributed by atoms with Crippen LogP contribution in [-0.2, 0) is 10.2 Å². The van der Waals surface area contributed by atoms with E-state index in [0.29, 0.717) is 0 Å². The summed E-state index contributed by atoms with van der Waals surface area (Å²) >= 11 is 6.09. The minimum absolute atomic E-state index is 0.0628. The minimum Gasteiger partial charge on any atom is -0.376 e. The Balaban J connectivity index is 2.03. The highest BCUT2D eigenvalue weighted by Crippen LogP contribution is 2.33. The second-order valence-corrected chi connectivity index (χ2v) is 6.54. The maximum Gasteiger partial charge on any atom is 0.0598 e. The van der Waals surface area contributed by atoms with E-state index < -0.39 is 0 Å². The highest BCUT2D eigenvalue weighted by Gasteiger charge is 2.38. The molecule has 1 aliphatic rings. The van der Waals surface area contributed by atoms with Gasteiger partial charge in [-0.1, -0.05) is 23.7 Å². The van der Waals surface area contributed by atoms with E-state index in [4.69, 9.17) is 16.3 Å². The molecule has 1 saturated heterocycles. The molecule has 2 nitrogen and oxygen atoms in total. The Bertz CT molecular complexity index is 407. The average molecular weight is 268 g/mol. The van der Waals surface area contributed by atoms with Crippen LogP contribution in [0.1, 0.15) is 32.8 Å². The number of rotatable bonds is 4. The molecule has 0 unspecified atom stereocenters. The molecule has 0 amide bonds. The number of halogens is 1. The molecule has 1 aromatic rings. The fourth-order valence-corrected chi connectivity index (χ4v) is 2.51. The Morgan fingerprint density at radius 2 is 2.06 bits per heavy atom. The van der Waals surface area contributed by atoms with E-state index in [2.05, 4.69) is 38.2 Å². The number of nitrogens with one attached hydrogen (secondary N) is 1. The van der Waals surface area contributed by atoms with Crippen LogP contribution in [0.15, 0.2) is 24.3 Å². The van der Waals surface area contributed by atoms with Crippen molar-refractivity contribution in [3.05, 3.63) is 34.9 Å². The first kappa shape index (κ1) is 13.9. The van der Waals surface area contributed by atoms with Crippen molar-refractivity contribution >= 4 is 11.6 Å². The average Bonchev–Trinajstić information content (AvgIpc) is 2.20. The van der Waals surface area contributed by atoms with Crippen molar-refractivity contribution in [1.82, 2.24) is 5.32 Å². The van der Waals surface area contributed by atoms with Gasteiger partial charge in [-0.05, 0) is 44.9 Å². The van der Waals surface area contributed by atoms with Crippen LogP contribution in [0.5, 0.6) is 0 Å². The summed E-state index contributed by atoms with van der Waals surface area (Å²) in [4.78, 5) is 0. The van der Waals surface area contributed by atoms with Crippen LogP contribution in [0.2, 0.25) is 5.02 Å². The van der Waals surface area contributed by atoms with Crippen LogP contribution in [-0.4, -0.2) is 25.3 Å². The molecule has 18 heavy (non-hydrogen) atoms. The van der Waals surface area contributed by atoms with Gasteiger partial charge in [0.25, 0.3) is 0 Å². The van der Waals surface area contributed by atoms with Gasteiger partial charge >= 0.3 is 0 Å². The van der Waals surface area contributed by atoms with Gasteiger partial charge in [-0.3, -0.25) is 0 Å². The van der Waals surface area contributed by atoms with Gasteiger partial charge in [-0.25, -0.2) is 0 Å². The molecule has 0 aromatic heterocycles. The summed E-state index contributed by atoms with van der Waals surface area (Å²) in [5.74, 6) is 0. The van der Waals surface area contributed by atoms with Crippen molar-refractivity contribution in [1.29, 1.82) is 0 Å². The predicted molar refractivity (Wildman–Crippen MR) is 76.3 cm³/mol. The molecule has 100 valence electrons. The molecule has 1 heterocycles. The van der Waals surface area contributed by atoms with Gasteiger partial charge < -0.3 is 10.1 Å². The SMILES string of the molecule is CC(C)(C)OCCC1(c2cccc(Cl)c2)CNC1. The van der Waals surface area contributed by atoms with Crippen LogP contribution in [0.3, 0.4) is 0 Å². The zero-order valence-electron chi connectivity index (χ0n) is 11.4. The summed E-state index contributed by atoms with van der Waals surface area (Å²) < 4.78 is 5.85. The van der Waals surface area contributed by atoms with E-state index in [1.807, 2.05) is 12.1 Å². The molecule has 2 rings (SSSR count). The quantitative estimate of drug-likeness (QED) is 0.903. The smallest absolute Gasteiger partial charge is 0.0598 e. The van der Waals surface area contributed by atoms with Crippen molar-refractivity contribution in [3.63, 3.8) is 0 Å². The van der Waals surface area contributed by atoms with Crippen LogP contribution in [0.4, 0.5) is 0 Å². The Labute approximate surface area is 115 Å². The van der Waals surface area contributed by atoms with Crippen LogP contribution in [0, 0.1) is 0 Å². The summed E-state index contributed by atoms with van der Waals surface area (Å²) in [6.45, 7) is 9.10. The Kier molecular flexibility index (Phi) is 4.00. The van der Waals surface area contributed by atoms with E-state index in [0.717, 1.165) is 31.1 Å². The van der Waals surface area contributed by atoms with Crippen molar-refractivity contribution in [2.45, 2.75) is 38.2 Å². The van der Waals surface area contributed by atoms with Gasteiger partial charge in [-0.15, -0.1) is 0 Å². The topological polar surface area (TPSA) is 21.3 Å². The van der Waals surface area contributed by atoms with Crippen molar-refractivity contribution < 1.29 is 4.74 Å². The first-order valence-electron chi connectivity index (χ1n) is 6.52. The monoisotopic (exact) mass is 267 g/mol. The maximum atomic E-state index is 6.09. The fraction of sp³-hybridized carbons (Fsp3) is 0.600. The van der Waals surface area contributed by atoms with E-state index >= 15 is 0 Å². The first-order chi connectivity index (χ1) is 8.41. The molecule has 0 bridgehead atoms. The Morgan fingerprint density at radius 1 is 1.33 bits per heavy atom. The van der Waals surface area contributed by atoms with Crippen LogP contribution >= 0.6 is 11.6 Å². The van der Waals surface area contributed by atoms with Crippen LogP contribution in [0.25, 0.3) is 0 Å². The Morgan fingerprint density at radius 3 is 2.56 bits per heavy atom. The molecular weight excluding hydrogens is 246 g/mol. The second kappa shape index (κ2) is 5.20. The lowest BCUT2D eigenvalue weighted by atomic mass is 9.73. The lowest BCUT2D eigenvalue weighted by Gasteiger charge is -2.44. The van der Waals surface area contributed by atoms with Gasteiger partial charge in [0, 0.05) is 30.1 Å². The van der Waals surface area contributed by atoms with E-state index in [-0.39, 0.29) is 11.0 Å². The number of ether oxygens (including phenoxy) is 1. The first-order valence-corrected chi connectivity index (χ1v) is 6.90. The molecule has 0 spiro atoms. The van der Waals surface area contributed by atoms with E-state index in [1.54, 1.807) is 0 Å². The lowest BCUT2D eigenvalue weighted by Crippen LogP contribution is -2.57. The molecule has 0 atom stereocenters. The van der Waals surface area contributed by atoms with Crippen molar-refractivity contribution in [2.75, 3.05) is 19.7 Å². The highest BCUT2D eigenvalue weighted by atomic mass is 35.5. The largest absolute Gasteiger partial charge is 0.376 e. The standard InChI is InChI=1S/C15H22ClNO/c1-14(2,3)18-8-7-15(10-17-11-15)12-5-4-6-13(16)9-12/h4-6,9,17H,7-8,10-11H2,1-3H3. The molecular formula is C15H22ClNO. The third-order valence-electron chi connectivity index (χ3n) is 3.48. The summed E-state index contributed by atoms with van der Waals surface area (Å²) in [5, 5.41) is 4.18. The fourth-order valence-electron chi connectivity index (χ4n) is 2.32. The predicted octanol–water partition coefficient (Wildman–Crippen LogP) is 3.39. The lowest BCUT2D eigenvalue weighted by molar-refractivity contribution is -0.0156. The van der Waals surface area contributed by atoms with Gasteiger partial charge in [0.15, 0.2) is 0 Å². The molecule has 1 aliphatic heterocycles. The summed E-state index contributed by atoms with van der Waals surface area (Å²) in [6.07, 6.45) is 1.04. The molecule has 0 aliphatic carbocycles. The van der Waals surface area contributed by atoms with Crippen molar-refractivity contribution in [3.8, 4) is 0 Å². The summed E-state index contributed by atoms with van der Waals surface area (Å²) in [6, 6.07) is 8.21. The van der Waals surface area contributed by atoms with Gasteiger partial charge in [-0.2, -0.15) is 0 Å². The second-order valence-electron chi connectivity index (χ2n) is 6.11. The van der Waals surface area contributed by atoms with Crippen molar-refractivity contribution in [2.24, 2.45) is 0 Å². The normalized spacial score (nSPS) is 18.4. The van der Waals surface area contributed by atoms with Gasteiger partial charge in [0.05, 0.1) is 5.60 Å². The molecule has 1 fully saturated rings. The van der Waals surface area contributed by atoms with Crippen LogP contribution < -0.4 is 5.32 Å².